The molecule has 2 aromatic rings. The number of piperazine rings is 1. The molecule has 3 fully saturated rings. The van der Waals surface area contributed by atoms with Crippen molar-refractivity contribution in [2.24, 2.45) is 0 Å². The van der Waals surface area contributed by atoms with E-state index in [-0.39, 0.29) is 0 Å². The Bertz CT molecular complexity index is 689. The number of thiazole rings is 1. The number of hydrogen-bond acceptors (Lipinski definition) is 5. The first-order chi connectivity index (χ1) is 10.6. The van der Waals surface area contributed by atoms with Crippen LogP contribution in [0, 0.1) is 19.8 Å². The van der Waals surface area contributed by atoms with E-state index in [1.807, 2.05) is 6.07 Å². The molecule has 2 unspecified atom stereocenters. The highest BCUT2D eigenvalue weighted by Gasteiger charge is 2.44. The van der Waals surface area contributed by atoms with Crippen LogP contribution in [0.4, 0.5) is 10.1 Å². The summed E-state index contributed by atoms with van der Waals surface area (Å²) >= 11 is 1.81. The maximum Gasteiger partial charge on any atom is 0.214 e. The minimum absolute atomic E-state index is 0.399. The predicted molar refractivity (Wildman–Crippen MR) is 85.7 cm³/mol. The van der Waals surface area contributed by atoms with E-state index in [1.165, 1.54) is 23.1 Å². The summed E-state index contributed by atoms with van der Waals surface area (Å²) < 4.78 is 13.3. The number of nitrogens with zero attached hydrogens (tertiary/aromatic N) is 4. The first-order valence-electron chi connectivity index (χ1n) is 7.65. The molecular weight excluding hydrogens is 299 g/mol. The Morgan fingerprint density at radius 1 is 1.32 bits per heavy atom. The molecule has 6 heteroatoms. The minimum atomic E-state index is -0.399. The molecule has 4 nitrogen and oxygen atoms in total. The topological polar surface area (TPSA) is 32.3 Å². The molecule has 3 aliphatic rings. The van der Waals surface area contributed by atoms with Gasteiger partial charge in [-0.2, -0.15) is 4.39 Å². The third kappa shape index (κ3) is 2.40. The first kappa shape index (κ1) is 14.1. The summed E-state index contributed by atoms with van der Waals surface area (Å²) in [6.07, 6.45) is 2.80. The van der Waals surface area contributed by atoms with Gasteiger partial charge in [-0.05, 0) is 26.3 Å². The molecule has 0 amide bonds. The molecule has 0 aliphatic carbocycles. The van der Waals surface area contributed by atoms with E-state index in [9.17, 15) is 4.39 Å². The third-order valence-corrected chi connectivity index (χ3v) is 5.80. The predicted octanol–water partition coefficient (Wildman–Crippen LogP) is 2.76. The molecule has 3 aliphatic heterocycles. The molecule has 0 saturated carbocycles. The summed E-state index contributed by atoms with van der Waals surface area (Å²) in [7, 11) is 0. The molecule has 3 saturated heterocycles. The summed E-state index contributed by atoms with van der Waals surface area (Å²) in [6, 6.07) is 4.56. The highest BCUT2D eigenvalue weighted by molar-refractivity contribution is 7.11. The SMILES string of the molecule is Cc1nc(C)c(CN2C3CC2CN(c2ccnc(F)c2)C3)s1. The van der Waals surface area contributed by atoms with Gasteiger partial charge in [-0.1, -0.05) is 0 Å². The summed E-state index contributed by atoms with van der Waals surface area (Å²) in [4.78, 5) is 14.4. The van der Waals surface area contributed by atoms with Crippen molar-refractivity contribution in [1.29, 1.82) is 0 Å². The Morgan fingerprint density at radius 3 is 2.73 bits per heavy atom. The average Bonchev–Trinajstić information content (AvgIpc) is 2.82. The van der Waals surface area contributed by atoms with Gasteiger partial charge in [0.1, 0.15) is 0 Å². The van der Waals surface area contributed by atoms with Gasteiger partial charge >= 0.3 is 0 Å². The van der Waals surface area contributed by atoms with Crippen LogP contribution < -0.4 is 4.90 Å². The molecule has 0 N–H and O–H groups in total. The fraction of sp³-hybridized carbons (Fsp3) is 0.500. The number of pyridine rings is 1. The van der Waals surface area contributed by atoms with E-state index in [4.69, 9.17) is 0 Å². The van der Waals surface area contributed by atoms with Crippen LogP contribution in [0.25, 0.3) is 0 Å². The van der Waals surface area contributed by atoms with E-state index >= 15 is 0 Å². The Hall–Kier alpha value is -1.53. The molecule has 2 aromatic heterocycles. The van der Waals surface area contributed by atoms with Gasteiger partial charge in [-0.3, -0.25) is 4.90 Å². The highest BCUT2D eigenvalue weighted by Crippen LogP contribution is 2.36. The molecule has 5 rings (SSSR count). The van der Waals surface area contributed by atoms with E-state index in [0.29, 0.717) is 12.1 Å². The summed E-state index contributed by atoms with van der Waals surface area (Å²) in [5, 5.41) is 1.15. The van der Waals surface area contributed by atoms with Crippen molar-refractivity contribution >= 4 is 17.0 Å². The van der Waals surface area contributed by atoms with Crippen LogP contribution in [0.1, 0.15) is 22.0 Å². The molecule has 5 heterocycles. The fourth-order valence-electron chi connectivity index (χ4n) is 3.63. The fourth-order valence-corrected chi connectivity index (χ4v) is 4.58. The number of aryl methyl sites for hydroxylation is 2. The van der Waals surface area contributed by atoms with Crippen molar-refractivity contribution in [3.8, 4) is 0 Å². The lowest BCUT2D eigenvalue weighted by Crippen LogP contribution is -2.68. The second-order valence-electron chi connectivity index (χ2n) is 6.20. The number of hydrogen-bond donors (Lipinski definition) is 0. The van der Waals surface area contributed by atoms with E-state index in [1.54, 1.807) is 17.5 Å². The normalized spacial score (nSPS) is 24.4. The zero-order valence-electron chi connectivity index (χ0n) is 12.8. The molecule has 2 atom stereocenters. The van der Waals surface area contributed by atoms with Gasteiger partial charge in [0.2, 0.25) is 5.95 Å². The first-order valence-corrected chi connectivity index (χ1v) is 8.47. The summed E-state index contributed by atoms with van der Waals surface area (Å²) in [5.74, 6) is -0.399. The minimum Gasteiger partial charge on any atom is -0.368 e. The van der Waals surface area contributed by atoms with E-state index < -0.39 is 5.95 Å². The quantitative estimate of drug-likeness (QED) is 0.815. The van der Waals surface area contributed by atoms with Gasteiger partial charge in [-0.25, -0.2) is 9.97 Å². The van der Waals surface area contributed by atoms with Crippen LogP contribution in [-0.2, 0) is 6.54 Å². The number of fused-ring (bicyclic) bond motifs is 2. The van der Waals surface area contributed by atoms with E-state index in [2.05, 4.69) is 33.6 Å². The smallest absolute Gasteiger partial charge is 0.214 e. The number of anilines is 1. The zero-order chi connectivity index (χ0) is 15.3. The Balaban J connectivity index is 1.45. The number of rotatable bonds is 3. The van der Waals surface area contributed by atoms with Gasteiger partial charge in [0.25, 0.3) is 0 Å². The summed E-state index contributed by atoms with van der Waals surface area (Å²) in [5.41, 5.74) is 2.12. The molecule has 2 bridgehead atoms. The Labute approximate surface area is 133 Å². The lowest BCUT2D eigenvalue weighted by molar-refractivity contribution is -0.00777. The van der Waals surface area contributed by atoms with Crippen molar-refractivity contribution < 1.29 is 4.39 Å². The van der Waals surface area contributed by atoms with Crippen LogP contribution in [0.2, 0.25) is 0 Å². The second kappa shape index (κ2) is 5.28. The lowest BCUT2D eigenvalue weighted by Gasteiger charge is -2.57. The summed E-state index contributed by atoms with van der Waals surface area (Å²) in [6.45, 7) is 7.11. The van der Waals surface area contributed by atoms with Crippen LogP contribution in [0.5, 0.6) is 0 Å². The van der Waals surface area contributed by atoms with Crippen LogP contribution >= 0.6 is 11.3 Å². The lowest BCUT2D eigenvalue weighted by atomic mass is 9.87. The number of halogens is 1. The van der Waals surface area contributed by atoms with Crippen molar-refractivity contribution in [3.63, 3.8) is 0 Å². The molecule has 0 spiro atoms. The number of piperidine rings is 1. The van der Waals surface area contributed by atoms with Crippen molar-refractivity contribution in [2.45, 2.75) is 38.9 Å². The monoisotopic (exact) mass is 318 g/mol. The zero-order valence-corrected chi connectivity index (χ0v) is 13.6. The molecule has 0 aromatic carbocycles. The average molecular weight is 318 g/mol. The van der Waals surface area contributed by atoms with Gasteiger partial charge in [0, 0.05) is 54.5 Å². The maximum absolute atomic E-state index is 13.3. The second-order valence-corrected chi connectivity index (χ2v) is 7.49. The van der Waals surface area contributed by atoms with Crippen molar-refractivity contribution in [3.05, 3.63) is 39.9 Å². The molecule has 116 valence electrons. The van der Waals surface area contributed by atoms with E-state index in [0.717, 1.165) is 30.3 Å². The van der Waals surface area contributed by atoms with Gasteiger partial charge in [0.05, 0.1) is 10.7 Å². The van der Waals surface area contributed by atoms with Crippen LogP contribution in [0.3, 0.4) is 0 Å². The van der Waals surface area contributed by atoms with Gasteiger partial charge < -0.3 is 4.90 Å². The Morgan fingerprint density at radius 2 is 2.09 bits per heavy atom. The van der Waals surface area contributed by atoms with Crippen LogP contribution in [0.15, 0.2) is 18.3 Å². The van der Waals surface area contributed by atoms with Crippen LogP contribution in [-0.4, -0.2) is 40.0 Å². The molecular formula is C16H19FN4S. The third-order valence-electron chi connectivity index (χ3n) is 4.75. The van der Waals surface area contributed by atoms with Crippen molar-refractivity contribution in [1.82, 2.24) is 14.9 Å². The number of aromatic nitrogens is 2. The van der Waals surface area contributed by atoms with Gasteiger partial charge in [0.15, 0.2) is 0 Å². The van der Waals surface area contributed by atoms with Gasteiger partial charge in [-0.15, -0.1) is 11.3 Å². The van der Waals surface area contributed by atoms with Crippen molar-refractivity contribution in [2.75, 3.05) is 18.0 Å². The highest BCUT2D eigenvalue weighted by atomic mass is 32.1. The standard InChI is InChI=1S/C16H19FN4S/c1-10-15(22-11(2)19-10)9-21-13-5-14(21)8-20(7-13)12-3-4-18-16(17)6-12/h3-4,6,13-14H,5,7-9H2,1-2H3. The molecule has 22 heavy (non-hydrogen) atoms. The molecule has 0 radical (unpaired) electrons. The largest absolute Gasteiger partial charge is 0.368 e. The maximum atomic E-state index is 13.3. The Kier molecular flexibility index (Phi) is 3.38.